The number of esters is 1. The molecule has 1 aliphatic heterocycles. The van der Waals surface area contributed by atoms with Crippen LogP contribution >= 0.6 is 0 Å². The Morgan fingerprint density at radius 1 is 1.45 bits per heavy atom. The lowest BCUT2D eigenvalue weighted by Crippen LogP contribution is -2.48. The zero-order chi connectivity index (χ0) is 14.9. The summed E-state index contributed by atoms with van der Waals surface area (Å²) < 4.78 is 10.4. The quantitative estimate of drug-likeness (QED) is 0.796. The largest absolute Gasteiger partial charge is 0.478 e. The first-order valence-electron chi connectivity index (χ1n) is 6.71. The molecule has 0 fully saturated rings. The highest BCUT2D eigenvalue weighted by Crippen LogP contribution is 2.36. The van der Waals surface area contributed by atoms with Crippen molar-refractivity contribution in [3.63, 3.8) is 0 Å². The molecule has 0 aliphatic carbocycles. The van der Waals surface area contributed by atoms with Crippen LogP contribution in [0.15, 0.2) is 18.2 Å². The first-order valence-corrected chi connectivity index (χ1v) is 6.71. The van der Waals surface area contributed by atoms with Crippen molar-refractivity contribution in [3.8, 4) is 5.75 Å². The number of amides is 1. The van der Waals surface area contributed by atoms with Gasteiger partial charge in [0.05, 0.1) is 18.4 Å². The Labute approximate surface area is 118 Å². The highest BCUT2D eigenvalue weighted by atomic mass is 16.5. The summed E-state index contributed by atoms with van der Waals surface area (Å²) >= 11 is 0. The summed E-state index contributed by atoms with van der Waals surface area (Å²) in [6.07, 6.45) is 0.147. The number of rotatable bonds is 3. The van der Waals surface area contributed by atoms with Crippen molar-refractivity contribution in [2.45, 2.75) is 39.3 Å². The summed E-state index contributed by atoms with van der Waals surface area (Å²) in [5.41, 5.74) is 1.03. The van der Waals surface area contributed by atoms with Gasteiger partial charge in [0, 0.05) is 6.04 Å². The number of hydrogen-bond donors (Lipinski definition) is 0. The zero-order valence-corrected chi connectivity index (χ0v) is 12.2. The molecule has 0 aromatic heterocycles. The molecule has 1 amide bonds. The van der Waals surface area contributed by atoms with Crippen molar-refractivity contribution >= 4 is 17.6 Å². The van der Waals surface area contributed by atoms with Crippen molar-refractivity contribution in [1.29, 1.82) is 0 Å². The van der Waals surface area contributed by atoms with Crippen molar-refractivity contribution in [1.82, 2.24) is 0 Å². The molecule has 1 atom stereocenters. The Morgan fingerprint density at radius 3 is 2.70 bits per heavy atom. The number of carbonyl (C=O) groups excluding carboxylic acids is 2. The van der Waals surface area contributed by atoms with E-state index >= 15 is 0 Å². The van der Waals surface area contributed by atoms with Gasteiger partial charge in [0.2, 0.25) is 0 Å². The fourth-order valence-corrected chi connectivity index (χ4v) is 2.32. The third-order valence-electron chi connectivity index (χ3n) is 3.31. The SMILES string of the molecule is CCC1Oc2ccc(C(=O)OC)cc2N(C(C)C)C1=O. The van der Waals surface area contributed by atoms with Gasteiger partial charge in [-0.25, -0.2) is 4.79 Å². The van der Waals surface area contributed by atoms with Gasteiger partial charge in [-0.05, 0) is 38.5 Å². The molecule has 1 aromatic rings. The van der Waals surface area contributed by atoms with E-state index in [1.165, 1.54) is 7.11 Å². The highest BCUT2D eigenvalue weighted by Gasteiger charge is 2.35. The van der Waals surface area contributed by atoms with Crippen LogP contribution in [0.1, 0.15) is 37.6 Å². The number of fused-ring (bicyclic) bond motifs is 1. The first-order chi connectivity index (χ1) is 9.49. The Morgan fingerprint density at radius 2 is 2.15 bits per heavy atom. The van der Waals surface area contributed by atoms with Gasteiger partial charge in [-0.2, -0.15) is 0 Å². The van der Waals surface area contributed by atoms with Gasteiger partial charge >= 0.3 is 5.97 Å². The van der Waals surface area contributed by atoms with Gasteiger partial charge < -0.3 is 14.4 Å². The minimum Gasteiger partial charge on any atom is -0.478 e. The lowest BCUT2D eigenvalue weighted by molar-refractivity contribution is -0.126. The smallest absolute Gasteiger partial charge is 0.337 e. The first kappa shape index (κ1) is 14.4. The van der Waals surface area contributed by atoms with Crippen LogP contribution < -0.4 is 9.64 Å². The van der Waals surface area contributed by atoms with E-state index in [2.05, 4.69) is 0 Å². The summed E-state index contributed by atoms with van der Waals surface area (Å²) in [7, 11) is 1.33. The molecular formula is C15H19NO4. The Hall–Kier alpha value is -2.04. The topological polar surface area (TPSA) is 55.8 Å². The maximum Gasteiger partial charge on any atom is 0.337 e. The second kappa shape index (κ2) is 5.53. The minimum atomic E-state index is -0.464. The predicted molar refractivity (Wildman–Crippen MR) is 75.1 cm³/mol. The van der Waals surface area contributed by atoms with Crippen LogP contribution in [0.3, 0.4) is 0 Å². The summed E-state index contributed by atoms with van der Waals surface area (Å²) in [6.45, 7) is 5.78. The van der Waals surface area contributed by atoms with Gasteiger partial charge in [-0.15, -0.1) is 0 Å². The summed E-state index contributed by atoms with van der Waals surface area (Å²) in [5.74, 6) is 0.122. The van der Waals surface area contributed by atoms with E-state index in [1.807, 2.05) is 20.8 Å². The van der Waals surface area contributed by atoms with Crippen molar-refractivity contribution in [2.24, 2.45) is 0 Å². The average molecular weight is 277 g/mol. The van der Waals surface area contributed by atoms with Crippen molar-refractivity contribution in [3.05, 3.63) is 23.8 Å². The van der Waals surface area contributed by atoms with Crippen LogP contribution in [0.4, 0.5) is 5.69 Å². The van der Waals surface area contributed by atoms with Crippen LogP contribution in [0.5, 0.6) is 5.75 Å². The fourth-order valence-electron chi connectivity index (χ4n) is 2.32. The number of nitrogens with zero attached hydrogens (tertiary/aromatic N) is 1. The van der Waals surface area contributed by atoms with Gasteiger partial charge in [0.1, 0.15) is 5.75 Å². The second-order valence-electron chi connectivity index (χ2n) is 4.99. The molecule has 108 valence electrons. The van der Waals surface area contributed by atoms with E-state index in [4.69, 9.17) is 9.47 Å². The fraction of sp³-hybridized carbons (Fsp3) is 0.467. The van der Waals surface area contributed by atoms with E-state index in [0.29, 0.717) is 23.4 Å². The highest BCUT2D eigenvalue weighted by molar-refractivity contribution is 6.02. The number of carbonyl (C=O) groups is 2. The molecule has 0 N–H and O–H groups in total. The average Bonchev–Trinajstić information content (AvgIpc) is 2.44. The number of ether oxygens (including phenoxy) is 2. The molecule has 0 saturated carbocycles. The van der Waals surface area contributed by atoms with Gasteiger partial charge in [-0.3, -0.25) is 4.79 Å². The van der Waals surface area contributed by atoms with E-state index in [-0.39, 0.29) is 11.9 Å². The van der Waals surface area contributed by atoms with E-state index < -0.39 is 12.1 Å². The van der Waals surface area contributed by atoms with E-state index in [0.717, 1.165) is 0 Å². The van der Waals surface area contributed by atoms with Gasteiger partial charge in [0.25, 0.3) is 5.91 Å². The molecule has 1 aliphatic rings. The molecule has 0 saturated heterocycles. The lowest BCUT2D eigenvalue weighted by atomic mass is 10.1. The van der Waals surface area contributed by atoms with Crippen LogP contribution in [0.25, 0.3) is 0 Å². The predicted octanol–water partition coefficient (Wildman–Crippen LogP) is 2.39. The summed E-state index contributed by atoms with van der Waals surface area (Å²) in [4.78, 5) is 25.7. The molecule has 2 rings (SSSR count). The summed E-state index contributed by atoms with van der Waals surface area (Å²) in [6, 6.07) is 5.00. The molecule has 0 radical (unpaired) electrons. The van der Waals surface area contributed by atoms with E-state index in [9.17, 15) is 9.59 Å². The van der Waals surface area contributed by atoms with Crippen LogP contribution in [-0.4, -0.2) is 31.1 Å². The maximum atomic E-state index is 12.4. The molecule has 5 nitrogen and oxygen atoms in total. The van der Waals surface area contributed by atoms with Crippen LogP contribution in [-0.2, 0) is 9.53 Å². The standard InChI is InChI=1S/C15H19NO4/c1-5-12-14(17)16(9(2)3)11-8-10(15(18)19-4)6-7-13(11)20-12/h6-9,12H,5H2,1-4H3. The Balaban J connectivity index is 2.50. The Bertz CT molecular complexity index is 539. The van der Waals surface area contributed by atoms with Gasteiger partial charge in [-0.1, -0.05) is 6.92 Å². The second-order valence-corrected chi connectivity index (χ2v) is 4.99. The monoisotopic (exact) mass is 277 g/mol. The lowest BCUT2D eigenvalue weighted by Gasteiger charge is -2.36. The molecule has 1 aromatic carbocycles. The van der Waals surface area contributed by atoms with E-state index in [1.54, 1.807) is 23.1 Å². The van der Waals surface area contributed by atoms with Crippen LogP contribution in [0, 0.1) is 0 Å². The molecule has 5 heteroatoms. The number of hydrogen-bond acceptors (Lipinski definition) is 4. The minimum absolute atomic E-state index is 0.00732. The number of anilines is 1. The summed E-state index contributed by atoms with van der Waals surface area (Å²) in [5, 5.41) is 0. The number of methoxy groups -OCH3 is 1. The Kier molecular flexibility index (Phi) is 3.97. The molecule has 0 bridgehead atoms. The molecule has 20 heavy (non-hydrogen) atoms. The molecule has 0 spiro atoms. The van der Waals surface area contributed by atoms with Gasteiger partial charge in [0.15, 0.2) is 6.10 Å². The van der Waals surface area contributed by atoms with Crippen LogP contribution in [0.2, 0.25) is 0 Å². The number of benzene rings is 1. The zero-order valence-electron chi connectivity index (χ0n) is 12.2. The normalized spacial score (nSPS) is 17.8. The molecule has 1 heterocycles. The molecular weight excluding hydrogens is 258 g/mol. The third kappa shape index (κ3) is 2.35. The van der Waals surface area contributed by atoms with Crippen molar-refractivity contribution in [2.75, 3.05) is 12.0 Å². The maximum absolute atomic E-state index is 12.4. The van der Waals surface area contributed by atoms with Crippen molar-refractivity contribution < 1.29 is 19.1 Å². The molecule has 1 unspecified atom stereocenters. The third-order valence-corrected chi connectivity index (χ3v) is 3.31.